The van der Waals surface area contributed by atoms with E-state index in [0.717, 1.165) is 49.9 Å². The molecule has 41 heavy (non-hydrogen) atoms. The van der Waals surface area contributed by atoms with Gasteiger partial charge in [-0.3, -0.25) is 9.79 Å². The second kappa shape index (κ2) is 21.0. The summed E-state index contributed by atoms with van der Waals surface area (Å²) in [4.78, 5) is 18.9. The number of Topliss-reactive ketones (excluding diaryl/α,β-unsaturated/α-hetero) is 1. The third-order valence-electron chi connectivity index (χ3n) is 5.40. The van der Waals surface area contributed by atoms with Crippen LogP contribution in [0.4, 0.5) is 32.0 Å². The number of halogens is 6. The van der Waals surface area contributed by atoms with E-state index in [1.165, 1.54) is 18.2 Å². The van der Waals surface area contributed by atoms with Crippen LogP contribution in [-0.4, -0.2) is 33.6 Å². The minimum Gasteiger partial charge on any atom is -0.384 e. The molecule has 0 radical (unpaired) electrons. The van der Waals surface area contributed by atoms with E-state index in [1.54, 1.807) is 19.1 Å². The number of pyridine rings is 1. The number of carbonyl (C=O) groups is 1. The highest BCUT2D eigenvalue weighted by Crippen LogP contribution is 2.30. The van der Waals surface area contributed by atoms with Crippen molar-refractivity contribution in [3.63, 3.8) is 0 Å². The Morgan fingerprint density at radius 2 is 1.46 bits per heavy atom. The molecule has 0 amide bonds. The molecule has 0 saturated heterocycles. The van der Waals surface area contributed by atoms with Crippen molar-refractivity contribution >= 4 is 17.2 Å². The molecule has 0 aliphatic rings. The lowest BCUT2D eigenvalue weighted by Crippen LogP contribution is -2.35. The quantitative estimate of drug-likeness (QED) is 0.221. The summed E-state index contributed by atoms with van der Waals surface area (Å²) in [5, 5.41) is 9.09. The molecule has 234 valence electrons. The largest absolute Gasteiger partial charge is 0.433 e. The molecule has 10 heteroatoms. The Balaban J connectivity index is 0. The van der Waals surface area contributed by atoms with Crippen LogP contribution >= 0.6 is 0 Å². The summed E-state index contributed by atoms with van der Waals surface area (Å²) in [5.74, 6) is -0.470. The van der Waals surface area contributed by atoms with Gasteiger partial charge in [-0.1, -0.05) is 58.2 Å². The van der Waals surface area contributed by atoms with Crippen molar-refractivity contribution in [2.75, 3.05) is 0 Å². The number of hydrogen-bond acceptors (Lipinski definition) is 4. The number of aryl methyl sites for hydroxylation is 2. The topological polar surface area (TPSA) is 62.5 Å². The molecule has 0 fully saturated rings. The van der Waals surface area contributed by atoms with Gasteiger partial charge in [0.1, 0.15) is 22.9 Å². The van der Waals surface area contributed by atoms with Crippen LogP contribution in [0.25, 0.3) is 0 Å². The summed E-state index contributed by atoms with van der Waals surface area (Å²) in [6.07, 6.45) is -2.94. The normalized spacial score (nSPS) is 12.6. The number of carbonyl (C=O) groups excluding carboxylic acids is 1. The van der Waals surface area contributed by atoms with Crippen LogP contribution in [0.2, 0.25) is 0 Å². The molecule has 0 aliphatic carbocycles. The number of hydrogen-bond donors (Lipinski definition) is 1. The first kappa shape index (κ1) is 40.4. The van der Waals surface area contributed by atoms with Gasteiger partial charge in [0.2, 0.25) is 0 Å². The van der Waals surface area contributed by atoms with Crippen LogP contribution < -0.4 is 0 Å². The number of nitrogens with zero attached hydrogens (tertiary/aromatic N) is 2. The van der Waals surface area contributed by atoms with Crippen molar-refractivity contribution in [2.24, 2.45) is 4.99 Å². The molecule has 1 aromatic heterocycles. The second-order valence-corrected chi connectivity index (χ2v) is 9.52. The van der Waals surface area contributed by atoms with Gasteiger partial charge in [-0.25, -0.2) is 18.2 Å². The molecule has 4 nitrogen and oxygen atoms in total. The molecule has 0 saturated carbocycles. The maximum atomic E-state index is 12.4. The molecular weight excluding hydrogens is 546 g/mol. The van der Waals surface area contributed by atoms with Crippen molar-refractivity contribution in [2.45, 2.75) is 119 Å². The second-order valence-electron chi connectivity index (χ2n) is 9.52. The minimum absolute atomic E-state index is 0.171. The van der Waals surface area contributed by atoms with E-state index in [-0.39, 0.29) is 18.0 Å². The van der Waals surface area contributed by atoms with Crippen molar-refractivity contribution in [1.29, 1.82) is 0 Å². The summed E-state index contributed by atoms with van der Waals surface area (Å²) in [7, 11) is 0. The van der Waals surface area contributed by atoms with Crippen LogP contribution in [0.5, 0.6) is 0 Å². The number of ketones is 1. The van der Waals surface area contributed by atoms with Crippen molar-refractivity contribution in [3.05, 3.63) is 59.2 Å². The molecule has 1 atom stereocenters. The van der Waals surface area contributed by atoms with Crippen LogP contribution in [0.15, 0.2) is 41.4 Å². The average Bonchev–Trinajstić information content (AvgIpc) is 2.90. The maximum absolute atomic E-state index is 12.4. The third kappa shape index (κ3) is 19.1. The summed E-state index contributed by atoms with van der Waals surface area (Å²) in [6.45, 7) is 14.3. The standard InChI is InChI=1S/C13H17F3N2.C9H16F2O2.C7H7F.C2H6/c1-4-5-6-9(2)17-11-7-8-12(13(14,15)16)18-10(11)3;1-3-4-5-7(12)6-9(2,13)8(10)11;1-6-2-4-7(8)5-3-6;1-2/h7-8H,4-6H2,1-3H3;8,13H,3-6H2,1-2H3;2-5H,1H3;1-2H3. The van der Waals surface area contributed by atoms with E-state index < -0.39 is 30.3 Å². The smallest absolute Gasteiger partial charge is 0.384 e. The number of alkyl halides is 5. The number of aliphatic imine (C=N–C) groups is 1. The fourth-order valence-corrected chi connectivity index (χ4v) is 3.00. The molecule has 0 aliphatic heterocycles. The molecule has 0 spiro atoms. The van der Waals surface area contributed by atoms with E-state index in [2.05, 4.69) is 16.9 Å². The molecule has 0 bridgehead atoms. The number of aliphatic hydroxyl groups is 1. The SMILES string of the molecule is CC.CCCCC(=O)CC(C)(O)C(F)F.CCCCC(C)=Nc1ccc(C(F)(F)F)nc1C.Cc1ccc(F)cc1. The van der Waals surface area contributed by atoms with E-state index in [4.69, 9.17) is 5.11 Å². The Labute approximate surface area is 241 Å². The van der Waals surface area contributed by atoms with Gasteiger partial charge >= 0.3 is 6.18 Å². The van der Waals surface area contributed by atoms with Crippen LogP contribution in [-0.2, 0) is 11.0 Å². The summed E-state index contributed by atoms with van der Waals surface area (Å²) < 4.78 is 73.6. The molecule has 1 unspecified atom stereocenters. The van der Waals surface area contributed by atoms with Gasteiger partial charge in [0, 0.05) is 18.6 Å². The lowest BCUT2D eigenvalue weighted by atomic mass is 9.97. The first-order chi connectivity index (χ1) is 19.0. The highest BCUT2D eigenvalue weighted by Gasteiger charge is 2.34. The van der Waals surface area contributed by atoms with Gasteiger partial charge in [0.25, 0.3) is 6.43 Å². The fourth-order valence-electron chi connectivity index (χ4n) is 3.00. The van der Waals surface area contributed by atoms with Gasteiger partial charge in [0.15, 0.2) is 0 Å². The van der Waals surface area contributed by atoms with Gasteiger partial charge < -0.3 is 5.11 Å². The highest BCUT2D eigenvalue weighted by atomic mass is 19.4. The molecule has 1 aromatic carbocycles. The lowest BCUT2D eigenvalue weighted by Gasteiger charge is -2.20. The van der Waals surface area contributed by atoms with Gasteiger partial charge in [-0.2, -0.15) is 13.2 Å². The zero-order valence-electron chi connectivity index (χ0n) is 25.5. The van der Waals surface area contributed by atoms with Crippen molar-refractivity contribution < 1.29 is 36.2 Å². The fraction of sp³-hybridized carbons (Fsp3) is 0.581. The van der Waals surface area contributed by atoms with Crippen LogP contribution in [0, 0.1) is 19.7 Å². The van der Waals surface area contributed by atoms with Gasteiger partial charge in [0.05, 0.1) is 11.4 Å². The Bertz CT molecular complexity index is 999. The van der Waals surface area contributed by atoms with Crippen LogP contribution in [0.3, 0.4) is 0 Å². The Kier molecular flexibility index (Phi) is 20.7. The Morgan fingerprint density at radius 1 is 0.951 bits per heavy atom. The zero-order chi connectivity index (χ0) is 32.2. The number of aromatic nitrogens is 1. The molecule has 1 heterocycles. The monoisotopic (exact) mass is 592 g/mol. The Morgan fingerprint density at radius 3 is 1.88 bits per heavy atom. The van der Waals surface area contributed by atoms with E-state index in [0.29, 0.717) is 17.8 Å². The predicted molar refractivity (Wildman–Crippen MR) is 155 cm³/mol. The zero-order valence-corrected chi connectivity index (χ0v) is 25.5. The number of rotatable bonds is 10. The van der Waals surface area contributed by atoms with Crippen LogP contribution in [0.1, 0.15) is 103 Å². The highest BCUT2D eigenvalue weighted by molar-refractivity contribution is 5.84. The molecular formula is C31H46F6N2O2. The van der Waals surface area contributed by atoms with Crippen molar-refractivity contribution in [1.82, 2.24) is 4.98 Å². The van der Waals surface area contributed by atoms with E-state index >= 15 is 0 Å². The van der Waals surface area contributed by atoms with Gasteiger partial charge in [-0.05, 0) is 71.2 Å². The summed E-state index contributed by atoms with van der Waals surface area (Å²) in [6, 6.07) is 8.74. The van der Waals surface area contributed by atoms with Crippen molar-refractivity contribution in [3.8, 4) is 0 Å². The maximum Gasteiger partial charge on any atom is 0.433 e. The third-order valence-corrected chi connectivity index (χ3v) is 5.40. The first-order valence-electron chi connectivity index (χ1n) is 13.9. The first-order valence-corrected chi connectivity index (χ1v) is 13.9. The lowest BCUT2D eigenvalue weighted by molar-refractivity contribution is -0.141. The van der Waals surface area contributed by atoms with E-state index in [1.807, 2.05) is 34.6 Å². The van der Waals surface area contributed by atoms with Gasteiger partial charge in [-0.15, -0.1) is 0 Å². The molecule has 2 aromatic rings. The molecule has 1 N–H and O–H groups in total. The van der Waals surface area contributed by atoms with E-state index in [9.17, 15) is 31.1 Å². The number of unbranched alkanes of at least 4 members (excludes halogenated alkanes) is 2. The minimum atomic E-state index is -4.40. The Hall–Kier alpha value is -2.75. The summed E-state index contributed by atoms with van der Waals surface area (Å²) in [5.41, 5.74) is -0.208. The predicted octanol–water partition coefficient (Wildman–Crippen LogP) is 10.0. The molecule has 2 rings (SSSR count). The summed E-state index contributed by atoms with van der Waals surface area (Å²) >= 11 is 0. The number of benzene rings is 1. The average molecular weight is 593 g/mol.